The van der Waals surface area contributed by atoms with Gasteiger partial charge in [-0.3, -0.25) is 9.10 Å². The zero-order valence-corrected chi connectivity index (χ0v) is 25.5. The highest BCUT2D eigenvalue weighted by Crippen LogP contribution is 2.37. The van der Waals surface area contributed by atoms with E-state index in [1.165, 1.54) is 25.5 Å². The van der Waals surface area contributed by atoms with Crippen LogP contribution in [0, 0.1) is 0 Å². The lowest BCUT2D eigenvalue weighted by Crippen LogP contribution is -2.39. The van der Waals surface area contributed by atoms with E-state index in [0.717, 1.165) is 9.87 Å². The Morgan fingerprint density at radius 2 is 1.66 bits per heavy atom. The third kappa shape index (κ3) is 7.80. The van der Waals surface area contributed by atoms with E-state index < -0.39 is 22.5 Å². The molecule has 0 atom stereocenters. The number of amides is 1. The van der Waals surface area contributed by atoms with E-state index in [2.05, 4.69) is 26.5 Å². The predicted molar refractivity (Wildman–Crippen MR) is 165 cm³/mol. The van der Waals surface area contributed by atoms with Gasteiger partial charge >= 0.3 is 0 Å². The van der Waals surface area contributed by atoms with Gasteiger partial charge in [0, 0.05) is 0 Å². The number of hydrogen-bond acceptors (Lipinski definition) is 6. The number of sulfonamides is 1. The maximum Gasteiger partial charge on any atom is 0.264 e. The lowest BCUT2D eigenvalue weighted by Gasteiger charge is -2.23. The Bertz CT molecular complexity index is 1660. The SMILES string of the molecule is COc1cc(/C=N\NC(=O)CN(c2ccccc2)S(=O)(=O)c2ccccc2)cc(Br)c1OCc1ccc(Cl)c(Cl)c1. The normalized spacial score (nSPS) is 11.3. The Balaban J connectivity index is 1.46. The number of halogens is 3. The summed E-state index contributed by atoms with van der Waals surface area (Å²) < 4.78 is 39.7. The topological polar surface area (TPSA) is 97.3 Å². The highest BCUT2D eigenvalue weighted by molar-refractivity contribution is 9.10. The molecule has 0 bridgehead atoms. The van der Waals surface area contributed by atoms with Crippen LogP contribution in [0.2, 0.25) is 10.0 Å². The fraction of sp³-hybridized carbons (Fsp3) is 0.103. The average Bonchev–Trinajstić information content (AvgIpc) is 2.97. The molecule has 8 nitrogen and oxygen atoms in total. The molecule has 0 spiro atoms. The van der Waals surface area contributed by atoms with E-state index in [1.54, 1.807) is 72.8 Å². The van der Waals surface area contributed by atoms with Crippen molar-refractivity contribution in [3.63, 3.8) is 0 Å². The van der Waals surface area contributed by atoms with Crippen LogP contribution in [0.3, 0.4) is 0 Å². The number of carbonyl (C=O) groups excluding carboxylic acids is 1. The molecule has 12 heteroatoms. The molecular formula is C29H24BrCl2N3O5S. The monoisotopic (exact) mass is 675 g/mol. The van der Waals surface area contributed by atoms with Gasteiger partial charge in [0.15, 0.2) is 11.5 Å². The molecule has 0 aromatic heterocycles. The van der Waals surface area contributed by atoms with Crippen LogP contribution in [0.4, 0.5) is 5.69 Å². The molecule has 0 radical (unpaired) electrons. The third-order valence-corrected chi connectivity index (χ3v) is 8.80. The molecule has 4 rings (SSSR count). The van der Waals surface area contributed by atoms with E-state index in [4.69, 9.17) is 32.7 Å². The second-order valence-electron chi connectivity index (χ2n) is 8.52. The Kier molecular flexibility index (Phi) is 10.3. The van der Waals surface area contributed by atoms with Crippen molar-refractivity contribution in [1.82, 2.24) is 5.43 Å². The van der Waals surface area contributed by atoms with Crippen LogP contribution in [0.5, 0.6) is 11.5 Å². The largest absolute Gasteiger partial charge is 0.493 e. The molecule has 0 aliphatic heterocycles. The summed E-state index contributed by atoms with van der Waals surface area (Å²) in [6.07, 6.45) is 1.41. The number of nitrogens with zero attached hydrogens (tertiary/aromatic N) is 2. The van der Waals surface area contributed by atoms with Crippen molar-refractivity contribution < 1.29 is 22.7 Å². The predicted octanol–water partition coefficient (Wildman–Crippen LogP) is 6.69. The zero-order chi connectivity index (χ0) is 29.4. The number of para-hydroxylation sites is 1. The van der Waals surface area contributed by atoms with Crippen molar-refractivity contribution in [2.45, 2.75) is 11.5 Å². The van der Waals surface area contributed by atoms with Crippen molar-refractivity contribution >= 4 is 67.0 Å². The maximum absolute atomic E-state index is 13.3. The van der Waals surface area contributed by atoms with E-state index in [0.29, 0.717) is 37.3 Å². The van der Waals surface area contributed by atoms with Gasteiger partial charge in [0.05, 0.1) is 38.4 Å². The fourth-order valence-corrected chi connectivity index (χ4v) is 6.05. The van der Waals surface area contributed by atoms with Crippen LogP contribution in [0.15, 0.2) is 105 Å². The molecule has 0 saturated heterocycles. The minimum atomic E-state index is -4.01. The van der Waals surface area contributed by atoms with Gasteiger partial charge in [0.1, 0.15) is 13.2 Å². The van der Waals surface area contributed by atoms with E-state index in [-0.39, 0.29) is 11.5 Å². The standard InChI is InChI=1S/C29H24BrCl2N3O5S/c1-39-27-16-21(14-24(30)29(27)40-19-20-12-13-25(31)26(32)15-20)17-33-34-28(36)18-35(22-8-4-2-5-9-22)41(37,38)23-10-6-3-7-11-23/h2-17H,18-19H2,1H3,(H,34,36)/b33-17-. The summed E-state index contributed by atoms with van der Waals surface area (Å²) in [7, 11) is -2.50. The van der Waals surface area contributed by atoms with Gasteiger partial charge in [-0.2, -0.15) is 5.10 Å². The van der Waals surface area contributed by atoms with Gasteiger partial charge in [-0.05, 0) is 75.6 Å². The number of carbonyl (C=O) groups is 1. The van der Waals surface area contributed by atoms with Crippen molar-refractivity contribution in [3.8, 4) is 11.5 Å². The summed E-state index contributed by atoms with van der Waals surface area (Å²) in [6.45, 7) is -0.258. The van der Waals surface area contributed by atoms with Crippen LogP contribution in [0.25, 0.3) is 0 Å². The smallest absolute Gasteiger partial charge is 0.264 e. The number of rotatable bonds is 11. The lowest BCUT2D eigenvalue weighted by atomic mass is 10.2. The number of ether oxygens (including phenoxy) is 2. The van der Waals surface area contributed by atoms with Gasteiger partial charge in [-0.15, -0.1) is 0 Å². The van der Waals surface area contributed by atoms with E-state index in [9.17, 15) is 13.2 Å². The first-order chi connectivity index (χ1) is 19.7. The van der Waals surface area contributed by atoms with Crippen molar-refractivity contribution in [2.24, 2.45) is 5.10 Å². The first kappa shape index (κ1) is 30.4. The molecule has 4 aromatic rings. The number of methoxy groups -OCH3 is 1. The van der Waals surface area contributed by atoms with Crippen LogP contribution in [-0.2, 0) is 21.4 Å². The minimum absolute atomic E-state index is 0.0681. The highest BCUT2D eigenvalue weighted by atomic mass is 79.9. The molecule has 0 saturated carbocycles. The lowest BCUT2D eigenvalue weighted by molar-refractivity contribution is -0.119. The summed E-state index contributed by atoms with van der Waals surface area (Å²) >= 11 is 15.6. The molecule has 0 aliphatic rings. The first-order valence-corrected chi connectivity index (χ1v) is 15.1. The Labute approximate surface area is 256 Å². The van der Waals surface area contributed by atoms with E-state index >= 15 is 0 Å². The van der Waals surface area contributed by atoms with Gasteiger partial charge < -0.3 is 9.47 Å². The summed E-state index contributed by atoms with van der Waals surface area (Å²) in [4.78, 5) is 12.9. The van der Waals surface area contributed by atoms with Crippen LogP contribution >= 0.6 is 39.1 Å². The number of benzene rings is 4. The van der Waals surface area contributed by atoms with Gasteiger partial charge in [0.2, 0.25) is 0 Å². The van der Waals surface area contributed by atoms with Crippen molar-refractivity contribution in [3.05, 3.63) is 117 Å². The second-order valence-corrected chi connectivity index (χ2v) is 12.1. The zero-order valence-electron chi connectivity index (χ0n) is 21.6. The van der Waals surface area contributed by atoms with Crippen LogP contribution in [-0.4, -0.2) is 34.2 Å². The van der Waals surface area contributed by atoms with Gasteiger partial charge in [-0.1, -0.05) is 65.7 Å². The molecule has 0 unspecified atom stereocenters. The van der Waals surface area contributed by atoms with Crippen LogP contribution in [0.1, 0.15) is 11.1 Å². The molecule has 0 heterocycles. The quantitative estimate of drug-likeness (QED) is 0.141. The summed E-state index contributed by atoms with van der Waals surface area (Å²) in [6, 6.07) is 24.9. The number of hydrogen-bond donors (Lipinski definition) is 1. The van der Waals surface area contributed by atoms with Gasteiger partial charge in [-0.25, -0.2) is 13.8 Å². The molecule has 41 heavy (non-hydrogen) atoms. The Morgan fingerprint density at radius 1 is 0.976 bits per heavy atom. The molecule has 0 aliphatic carbocycles. The number of anilines is 1. The third-order valence-electron chi connectivity index (χ3n) is 5.68. The molecule has 0 fully saturated rings. The Morgan fingerprint density at radius 3 is 2.32 bits per heavy atom. The average molecular weight is 677 g/mol. The molecule has 4 aromatic carbocycles. The molecule has 1 N–H and O–H groups in total. The summed E-state index contributed by atoms with van der Waals surface area (Å²) in [5.74, 6) is 0.262. The van der Waals surface area contributed by atoms with Crippen molar-refractivity contribution in [1.29, 1.82) is 0 Å². The van der Waals surface area contributed by atoms with E-state index in [1.807, 2.05) is 6.07 Å². The van der Waals surface area contributed by atoms with Crippen LogP contribution < -0.4 is 19.2 Å². The second kappa shape index (κ2) is 13.9. The summed E-state index contributed by atoms with van der Waals surface area (Å²) in [5.41, 5.74) is 4.15. The minimum Gasteiger partial charge on any atom is -0.493 e. The summed E-state index contributed by atoms with van der Waals surface area (Å²) in [5, 5.41) is 4.89. The maximum atomic E-state index is 13.3. The number of hydrazone groups is 1. The van der Waals surface area contributed by atoms with Crippen molar-refractivity contribution in [2.75, 3.05) is 18.0 Å². The van der Waals surface area contributed by atoms with Gasteiger partial charge in [0.25, 0.3) is 15.9 Å². The molecule has 1 amide bonds. The first-order valence-electron chi connectivity index (χ1n) is 12.1. The molecule has 212 valence electrons. The number of nitrogens with one attached hydrogen (secondary N) is 1. The molecular weight excluding hydrogens is 653 g/mol. The highest BCUT2D eigenvalue weighted by Gasteiger charge is 2.26. The Hall–Kier alpha value is -3.57. The fourth-order valence-electron chi connectivity index (χ4n) is 3.71.